The second-order valence-electron chi connectivity index (χ2n) is 3.51. The third-order valence-electron chi connectivity index (χ3n) is 2.28. The maximum Gasteiger partial charge on any atom is 0.256 e. The number of hydrogen-bond acceptors (Lipinski definition) is 2. The number of likely N-dealkylation sites (N-methyl/N-ethyl adjacent to an activating group) is 1. The molecule has 0 bridgehead atoms. The molecule has 15 heavy (non-hydrogen) atoms. The smallest absolute Gasteiger partial charge is 0.256 e. The molecule has 2 rings (SSSR count). The molecule has 5 heteroatoms. The Hall–Kier alpha value is -1.78. The highest BCUT2D eigenvalue weighted by Crippen LogP contribution is 2.18. The number of fused-ring (bicyclic) bond motifs is 1. The molecule has 0 unspecified atom stereocenters. The second kappa shape index (κ2) is 3.42. The average molecular weight is 200 g/mol. The Bertz CT molecular complexity index is 445. The van der Waals surface area contributed by atoms with E-state index in [1.807, 2.05) is 0 Å². The predicted molar refractivity (Wildman–Crippen MR) is 57.4 cm³/mol. The number of hydrogen-bond donors (Lipinski definition) is 1. The first-order valence-corrected chi connectivity index (χ1v) is 4.53. The zero-order valence-corrected chi connectivity index (χ0v) is 8.28. The molecule has 2 amide bonds. The highest BCUT2D eigenvalue weighted by molar-refractivity contribution is 6.33. The van der Waals surface area contributed by atoms with Gasteiger partial charge in [0.1, 0.15) is 7.85 Å². The molecule has 0 aromatic heterocycles. The number of nitrogens with zero attached hydrogens (tertiary/aromatic N) is 1. The first kappa shape index (κ1) is 9.77. The lowest BCUT2D eigenvalue weighted by Gasteiger charge is -2.12. The van der Waals surface area contributed by atoms with Crippen LogP contribution in [-0.4, -0.2) is 38.2 Å². The van der Waals surface area contributed by atoms with Crippen LogP contribution in [0.1, 0.15) is 10.4 Å². The van der Waals surface area contributed by atoms with E-state index in [1.165, 1.54) is 4.90 Å². The van der Waals surface area contributed by atoms with Crippen molar-refractivity contribution in [1.29, 1.82) is 0 Å². The van der Waals surface area contributed by atoms with E-state index < -0.39 is 0 Å². The normalized spacial score (nSPS) is 15.7. The number of amides is 2. The van der Waals surface area contributed by atoms with Gasteiger partial charge in [0.15, 0.2) is 0 Å². The molecule has 74 valence electrons. The third kappa shape index (κ3) is 1.72. The first-order chi connectivity index (χ1) is 7.08. The van der Waals surface area contributed by atoms with Crippen LogP contribution >= 0.6 is 0 Å². The number of anilines is 1. The van der Waals surface area contributed by atoms with Gasteiger partial charge in [-0.25, -0.2) is 0 Å². The van der Waals surface area contributed by atoms with E-state index in [4.69, 9.17) is 7.85 Å². The summed E-state index contributed by atoms with van der Waals surface area (Å²) in [5, 5.41) is 2.65. The number of carbonyl (C=O) groups excluding carboxylic acids is 2. The lowest BCUT2D eigenvalue weighted by atomic mass is 9.93. The zero-order valence-electron chi connectivity index (χ0n) is 8.28. The van der Waals surface area contributed by atoms with Gasteiger partial charge < -0.3 is 10.2 Å². The molecule has 2 radical (unpaired) electrons. The molecule has 1 heterocycles. The van der Waals surface area contributed by atoms with Crippen molar-refractivity contribution in [3.05, 3.63) is 23.8 Å². The molecule has 0 saturated carbocycles. The monoisotopic (exact) mass is 200 g/mol. The summed E-state index contributed by atoms with van der Waals surface area (Å²) >= 11 is 0. The highest BCUT2D eigenvalue weighted by atomic mass is 16.2. The molecule has 0 fully saturated rings. The first-order valence-electron chi connectivity index (χ1n) is 4.53. The predicted octanol–water partition coefficient (Wildman–Crippen LogP) is -0.496. The Morgan fingerprint density at radius 2 is 2.13 bits per heavy atom. The van der Waals surface area contributed by atoms with Crippen molar-refractivity contribution in [2.75, 3.05) is 18.9 Å². The molecule has 1 aromatic carbocycles. The van der Waals surface area contributed by atoms with Gasteiger partial charge in [-0.1, -0.05) is 17.6 Å². The van der Waals surface area contributed by atoms with Crippen molar-refractivity contribution < 1.29 is 9.59 Å². The second-order valence-corrected chi connectivity index (χ2v) is 3.51. The third-order valence-corrected chi connectivity index (χ3v) is 2.28. The van der Waals surface area contributed by atoms with E-state index in [-0.39, 0.29) is 18.4 Å². The van der Waals surface area contributed by atoms with Crippen molar-refractivity contribution in [1.82, 2.24) is 4.90 Å². The van der Waals surface area contributed by atoms with Gasteiger partial charge in [-0.15, -0.1) is 0 Å². The summed E-state index contributed by atoms with van der Waals surface area (Å²) in [5.74, 6) is -0.398. The Labute approximate surface area is 88.7 Å². The van der Waals surface area contributed by atoms with Gasteiger partial charge in [0.2, 0.25) is 5.91 Å². The van der Waals surface area contributed by atoms with Gasteiger partial charge in [-0.3, -0.25) is 9.59 Å². The summed E-state index contributed by atoms with van der Waals surface area (Å²) in [6.45, 7) is 0.0629. The van der Waals surface area contributed by atoms with Crippen molar-refractivity contribution in [3.8, 4) is 0 Å². The van der Waals surface area contributed by atoms with Crippen molar-refractivity contribution in [2.45, 2.75) is 0 Å². The van der Waals surface area contributed by atoms with Crippen LogP contribution in [0.15, 0.2) is 18.2 Å². The molecule has 1 N–H and O–H groups in total. The van der Waals surface area contributed by atoms with E-state index in [1.54, 1.807) is 25.2 Å². The Kier molecular flexibility index (Phi) is 2.23. The lowest BCUT2D eigenvalue weighted by Crippen LogP contribution is -2.31. The Balaban J connectivity index is 2.55. The molecule has 1 aliphatic rings. The van der Waals surface area contributed by atoms with Crippen LogP contribution in [0.5, 0.6) is 0 Å². The summed E-state index contributed by atoms with van der Waals surface area (Å²) in [4.78, 5) is 24.5. The van der Waals surface area contributed by atoms with Crippen LogP contribution in [0.3, 0.4) is 0 Å². The lowest BCUT2D eigenvalue weighted by molar-refractivity contribution is -0.116. The van der Waals surface area contributed by atoms with Gasteiger partial charge in [0.05, 0.1) is 17.8 Å². The largest absolute Gasteiger partial charge is 0.332 e. The molecule has 0 aliphatic carbocycles. The fourth-order valence-corrected chi connectivity index (χ4v) is 1.53. The Morgan fingerprint density at radius 3 is 2.87 bits per heavy atom. The van der Waals surface area contributed by atoms with Crippen LogP contribution in [0.2, 0.25) is 0 Å². The SMILES string of the molecule is [B]c1ccc2c(c1)C(=O)N(C)CC(=O)N2. The average Bonchev–Trinajstić information content (AvgIpc) is 2.27. The maximum atomic E-state index is 11.8. The molecule has 0 atom stereocenters. The summed E-state index contributed by atoms with van der Waals surface area (Å²) in [5.41, 5.74) is 1.46. The fourth-order valence-electron chi connectivity index (χ4n) is 1.53. The standard InChI is InChI=1S/C10H9BN2O2/c1-13-5-9(14)12-8-3-2-6(11)4-7(8)10(13)15/h2-4H,5H2,1H3,(H,12,14). The number of rotatable bonds is 0. The zero-order chi connectivity index (χ0) is 11.0. The molecule has 1 aliphatic heterocycles. The summed E-state index contributed by atoms with van der Waals surface area (Å²) < 4.78 is 0. The Morgan fingerprint density at radius 1 is 1.40 bits per heavy atom. The van der Waals surface area contributed by atoms with Crippen LogP contribution in [0.25, 0.3) is 0 Å². The summed E-state index contributed by atoms with van der Waals surface area (Å²) in [6.07, 6.45) is 0. The fraction of sp³-hybridized carbons (Fsp3) is 0.200. The summed E-state index contributed by atoms with van der Waals surface area (Å²) in [7, 11) is 7.18. The van der Waals surface area contributed by atoms with Crippen LogP contribution in [0, 0.1) is 0 Å². The van der Waals surface area contributed by atoms with E-state index in [9.17, 15) is 9.59 Å². The number of benzene rings is 1. The minimum Gasteiger partial charge on any atom is -0.332 e. The summed E-state index contributed by atoms with van der Waals surface area (Å²) in [6, 6.07) is 4.86. The molecule has 1 aromatic rings. The molecule has 0 saturated heterocycles. The number of carbonyl (C=O) groups is 2. The van der Waals surface area contributed by atoms with Gasteiger partial charge in [-0.2, -0.15) is 0 Å². The molecular weight excluding hydrogens is 191 g/mol. The van der Waals surface area contributed by atoms with E-state index in [0.717, 1.165) is 0 Å². The van der Waals surface area contributed by atoms with E-state index in [0.29, 0.717) is 16.7 Å². The van der Waals surface area contributed by atoms with Gasteiger partial charge >= 0.3 is 0 Å². The molecule has 4 nitrogen and oxygen atoms in total. The van der Waals surface area contributed by atoms with Gasteiger partial charge in [0, 0.05) is 7.05 Å². The minimum absolute atomic E-state index is 0.0629. The quantitative estimate of drug-likeness (QED) is 0.574. The van der Waals surface area contributed by atoms with Crippen LogP contribution < -0.4 is 10.8 Å². The van der Waals surface area contributed by atoms with Gasteiger partial charge in [-0.05, 0) is 6.07 Å². The van der Waals surface area contributed by atoms with E-state index in [2.05, 4.69) is 5.32 Å². The number of nitrogens with one attached hydrogen (secondary N) is 1. The van der Waals surface area contributed by atoms with Crippen molar-refractivity contribution >= 4 is 30.8 Å². The van der Waals surface area contributed by atoms with Crippen LogP contribution in [-0.2, 0) is 4.79 Å². The van der Waals surface area contributed by atoms with Crippen LogP contribution in [0.4, 0.5) is 5.69 Å². The van der Waals surface area contributed by atoms with Crippen molar-refractivity contribution in [2.24, 2.45) is 0 Å². The van der Waals surface area contributed by atoms with Crippen molar-refractivity contribution in [3.63, 3.8) is 0 Å². The maximum absolute atomic E-state index is 11.8. The minimum atomic E-state index is -0.200. The molecule has 0 spiro atoms. The van der Waals surface area contributed by atoms with E-state index >= 15 is 0 Å². The highest BCUT2D eigenvalue weighted by Gasteiger charge is 2.22. The topological polar surface area (TPSA) is 49.4 Å². The molecular formula is C10H9BN2O2. The van der Waals surface area contributed by atoms with Gasteiger partial charge in [0.25, 0.3) is 5.91 Å².